The average molecular weight is 399 g/mol. The molecule has 6 nitrogen and oxygen atoms in total. The smallest absolute Gasteiger partial charge is 0.356 e. The predicted octanol–water partition coefficient (Wildman–Crippen LogP) is 4.24. The Morgan fingerprint density at radius 3 is 2.56 bits per heavy atom. The van der Waals surface area contributed by atoms with Crippen molar-refractivity contribution in [3.05, 3.63) is 58.6 Å². The topological polar surface area (TPSA) is 73.0 Å². The Bertz CT molecular complexity index is 963. The van der Waals surface area contributed by atoms with Crippen LogP contribution in [0, 0.1) is 0 Å². The number of aryl methyl sites for hydroxylation is 1. The van der Waals surface area contributed by atoms with E-state index in [-0.39, 0.29) is 11.7 Å². The highest BCUT2D eigenvalue weighted by atomic mass is 35.5. The number of carbonyl (C=O) groups is 1. The van der Waals surface area contributed by atoms with Gasteiger partial charge in [-0.1, -0.05) is 16.8 Å². The number of halogens is 4. The fourth-order valence-electron chi connectivity index (χ4n) is 2.45. The monoisotopic (exact) mass is 398 g/mol. The second kappa shape index (κ2) is 7.07. The quantitative estimate of drug-likeness (QED) is 0.713. The van der Waals surface area contributed by atoms with Crippen LogP contribution in [0.3, 0.4) is 0 Å². The molecular weight excluding hydrogens is 385 g/mol. The van der Waals surface area contributed by atoms with Crippen molar-refractivity contribution >= 4 is 17.5 Å². The van der Waals surface area contributed by atoms with Crippen LogP contribution in [0.5, 0.6) is 0 Å². The van der Waals surface area contributed by atoms with E-state index in [1.165, 1.54) is 11.6 Å². The summed E-state index contributed by atoms with van der Waals surface area (Å²) < 4.78 is 45.5. The van der Waals surface area contributed by atoms with Gasteiger partial charge in [-0.05, 0) is 31.2 Å². The van der Waals surface area contributed by atoms with Crippen LogP contribution in [-0.4, -0.2) is 20.6 Å². The van der Waals surface area contributed by atoms with Crippen LogP contribution < -0.4 is 5.32 Å². The third kappa shape index (κ3) is 4.13. The molecule has 0 saturated heterocycles. The van der Waals surface area contributed by atoms with Crippen LogP contribution in [0.2, 0.25) is 5.02 Å². The maximum Gasteiger partial charge on any atom is 0.418 e. The van der Waals surface area contributed by atoms with Crippen LogP contribution in [0.25, 0.3) is 11.5 Å². The van der Waals surface area contributed by atoms with Gasteiger partial charge in [-0.2, -0.15) is 18.2 Å². The van der Waals surface area contributed by atoms with E-state index in [2.05, 4.69) is 15.5 Å². The number of hydrogen-bond donors (Lipinski definition) is 1. The molecule has 3 aromatic rings. The van der Waals surface area contributed by atoms with Crippen molar-refractivity contribution in [2.24, 2.45) is 7.05 Å². The fourth-order valence-corrected chi connectivity index (χ4v) is 2.58. The van der Waals surface area contributed by atoms with E-state index in [0.717, 1.165) is 12.4 Å². The first-order valence-electron chi connectivity index (χ1n) is 7.78. The van der Waals surface area contributed by atoms with Crippen LogP contribution in [0.1, 0.15) is 34.7 Å². The van der Waals surface area contributed by atoms with Crippen molar-refractivity contribution in [1.82, 2.24) is 20.0 Å². The highest BCUT2D eigenvalue weighted by molar-refractivity contribution is 6.30. The van der Waals surface area contributed by atoms with Crippen molar-refractivity contribution in [3.8, 4) is 11.5 Å². The van der Waals surface area contributed by atoms with Gasteiger partial charge in [-0.25, -0.2) is 0 Å². The van der Waals surface area contributed by atoms with Crippen molar-refractivity contribution in [3.63, 3.8) is 0 Å². The van der Waals surface area contributed by atoms with Gasteiger partial charge in [0.05, 0.1) is 17.2 Å². The molecule has 0 spiro atoms. The Morgan fingerprint density at radius 2 is 1.93 bits per heavy atom. The molecule has 1 N–H and O–H groups in total. The number of alkyl halides is 3. The molecule has 1 amide bonds. The number of benzene rings is 1. The molecule has 0 radical (unpaired) electrons. The second-order valence-electron chi connectivity index (χ2n) is 5.91. The molecule has 2 heterocycles. The molecule has 0 fully saturated rings. The van der Waals surface area contributed by atoms with Gasteiger partial charge in [0.1, 0.15) is 0 Å². The third-order valence-electron chi connectivity index (χ3n) is 3.77. The minimum Gasteiger partial charge on any atom is -0.356 e. The molecule has 0 aliphatic rings. The van der Waals surface area contributed by atoms with Gasteiger partial charge in [0.25, 0.3) is 11.8 Å². The molecule has 2 aromatic heterocycles. The first-order valence-corrected chi connectivity index (χ1v) is 8.16. The third-order valence-corrected chi connectivity index (χ3v) is 4.03. The highest BCUT2D eigenvalue weighted by Crippen LogP contribution is 2.32. The largest absolute Gasteiger partial charge is 0.418 e. The second-order valence-corrected chi connectivity index (χ2v) is 6.34. The van der Waals surface area contributed by atoms with Crippen LogP contribution in [0.15, 0.2) is 41.2 Å². The summed E-state index contributed by atoms with van der Waals surface area (Å²) in [7, 11) is 1.41. The number of aromatic nitrogens is 3. The zero-order valence-corrected chi connectivity index (χ0v) is 15.0. The average Bonchev–Trinajstić information content (AvgIpc) is 3.22. The summed E-state index contributed by atoms with van der Waals surface area (Å²) in [5.41, 5.74) is -0.859. The minimum absolute atomic E-state index is 0.137. The maximum atomic E-state index is 13.1. The van der Waals surface area contributed by atoms with E-state index in [1.807, 2.05) is 0 Å². The standard InChI is InChI=1S/C17H14ClF3N4O2/c1-9(14-23-16(27-24-14)10-3-5-11(18)6-4-10)22-15(26)12-7-25(2)8-13(12)17(19,20)21/h3-9H,1-2H3,(H,22,26). The molecule has 142 valence electrons. The van der Waals surface area contributed by atoms with Gasteiger partial charge in [-0.3, -0.25) is 4.79 Å². The SMILES string of the molecule is CC(NC(=O)c1cn(C)cc1C(F)(F)F)c1noc(-c2ccc(Cl)cc2)n1. The summed E-state index contributed by atoms with van der Waals surface area (Å²) in [6.07, 6.45) is -2.67. The van der Waals surface area contributed by atoms with E-state index in [9.17, 15) is 18.0 Å². The Morgan fingerprint density at radius 1 is 1.26 bits per heavy atom. The number of nitrogens with one attached hydrogen (secondary N) is 1. The minimum atomic E-state index is -4.63. The molecule has 0 aliphatic heterocycles. The summed E-state index contributed by atoms with van der Waals surface area (Å²) in [6, 6.07) is 5.91. The summed E-state index contributed by atoms with van der Waals surface area (Å²) in [5.74, 6) is -0.537. The number of rotatable bonds is 4. The zero-order valence-electron chi connectivity index (χ0n) is 14.2. The normalized spacial score (nSPS) is 12.8. The first kappa shape index (κ1) is 19.0. The van der Waals surface area contributed by atoms with E-state index in [1.54, 1.807) is 31.2 Å². The number of carbonyl (C=O) groups excluding carboxylic acids is 1. The predicted molar refractivity (Wildman–Crippen MR) is 91.0 cm³/mol. The summed E-state index contributed by atoms with van der Waals surface area (Å²) in [6.45, 7) is 1.55. The maximum absolute atomic E-state index is 13.1. The van der Waals surface area contributed by atoms with Crippen LogP contribution in [-0.2, 0) is 13.2 Å². The number of amides is 1. The number of hydrogen-bond acceptors (Lipinski definition) is 4. The fraction of sp³-hybridized carbons (Fsp3) is 0.235. The van der Waals surface area contributed by atoms with Gasteiger partial charge >= 0.3 is 6.18 Å². The number of nitrogens with zero attached hydrogens (tertiary/aromatic N) is 3. The van der Waals surface area contributed by atoms with E-state index < -0.39 is 29.3 Å². The van der Waals surface area contributed by atoms with Gasteiger partial charge in [-0.15, -0.1) is 0 Å². The summed E-state index contributed by atoms with van der Waals surface area (Å²) in [5, 5.41) is 6.77. The first-order chi connectivity index (χ1) is 12.6. The molecule has 27 heavy (non-hydrogen) atoms. The lowest BCUT2D eigenvalue weighted by molar-refractivity contribution is -0.137. The highest BCUT2D eigenvalue weighted by Gasteiger charge is 2.37. The zero-order chi connectivity index (χ0) is 19.8. The molecule has 1 unspecified atom stereocenters. The molecule has 3 rings (SSSR count). The Balaban J connectivity index is 1.77. The Hall–Kier alpha value is -2.81. The van der Waals surface area contributed by atoms with Crippen molar-refractivity contribution in [2.75, 3.05) is 0 Å². The molecular formula is C17H14ClF3N4O2. The van der Waals surface area contributed by atoms with E-state index >= 15 is 0 Å². The lowest BCUT2D eigenvalue weighted by atomic mass is 10.1. The molecule has 1 atom stereocenters. The van der Waals surface area contributed by atoms with Gasteiger partial charge in [0, 0.05) is 30.0 Å². The lowest BCUT2D eigenvalue weighted by Crippen LogP contribution is -2.28. The van der Waals surface area contributed by atoms with E-state index in [0.29, 0.717) is 10.6 Å². The van der Waals surface area contributed by atoms with Crippen molar-refractivity contribution in [2.45, 2.75) is 19.1 Å². The molecule has 1 aromatic carbocycles. The molecule has 0 saturated carbocycles. The van der Waals surface area contributed by atoms with Gasteiger partial charge in [0.2, 0.25) is 0 Å². The Labute approximate surface area is 156 Å². The molecule has 0 aliphatic carbocycles. The van der Waals surface area contributed by atoms with Crippen LogP contribution >= 0.6 is 11.6 Å². The van der Waals surface area contributed by atoms with Crippen LogP contribution in [0.4, 0.5) is 13.2 Å². The van der Waals surface area contributed by atoms with Gasteiger partial charge in [0.15, 0.2) is 5.82 Å². The Kier molecular flexibility index (Phi) is 4.97. The van der Waals surface area contributed by atoms with Gasteiger partial charge < -0.3 is 14.4 Å². The van der Waals surface area contributed by atoms with Crippen molar-refractivity contribution in [1.29, 1.82) is 0 Å². The summed E-state index contributed by atoms with van der Waals surface area (Å²) >= 11 is 5.82. The van der Waals surface area contributed by atoms with E-state index in [4.69, 9.17) is 16.1 Å². The molecule has 0 bridgehead atoms. The lowest BCUT2D eigenvalue weighted by Gasteiger charge is -2.11. The van der Waals surface area contributed by atoms with Crippen molar-refractivity contribution < 1.29 is 22.5 Å². The molecule has 10 heteroatoms. The summed E-state index contributed by atoms with van der Waals surface area (Å²) in [4.78, 5) is 16.5.